The van der Waals surface area contributed by atoms with Gasteiger partial charge in [0.2, 0.25) is 0 Å². The van der Waals surface area contributed by atoms with E-state index in [1.807, 2.05) is 6.20 Å². The largest absolute Gasteiger partial charge is 0.306 e. The summed E-state index contributed by atoms with van der Waals surface area (Å²) in [5.74, 6) is 0. The zero-order chi connectivity index (χ0) is 13.8. The van der Waals surface area contributed by atoms with Crippen LogP contribution < -0.4 is 5.32 Å². The average molecular weight is 469 g/mol. The fraction of sp³-hybridized carbons (Fsp3) is 0.308. The normalized spacial score (nSPS) is 12.6. The van der Waals surface area contributed by atoms with Crippen molar-refractivity contribution in [2.75, 3.05) is 6.54 Å². The summed E-state index contributed by atoms with van der Waals surface area (Å²) in [5.41, 5.74) is 2.40. The van der Waals surface area contributed by atoms with Gasteiger partial charge < -0.3 is 5.32 Å². The van der Waals surface area contributed by atoms with Crippen molar-refractivity contribution in [2.45, 2.75) is 19.4 Å². The maximum atomic E-state index is 4.26. The second-order valence-electron chi connectivity index (χ2n) is 4.10. The average Bonchev–Trinajstić information content (AvgIpc) is 2.69. The van der Waals surface area contributed by atoms with Crippen molar-refractivity contribution in [2.24, 2.45) is 0 Å². The van der Waals surface area contributed by atoms with Crippen LogP contribution in [-0.2, 0) is 0 Å². The van der Waals surface area contributed by atoms with Gasteiger partial charge in [-0.2, -0.15) is 0 Å². The lowest BCUT2D eigenvalue weighted by atomic mass is 10.0. The molecule has 2 heterocycles. The summed E-state index contributed by atoms with van der Waals surface area (Å²) < 4.78 is 3.27. The number of rotatable bonds is 5. The first-order chi connectivity index (χ1) is 9.11. The van der Waals surface area contributed by atoms with E-state index in [4.69, 9.17) is 0 Å². The molecule has 2 aromatic heterocycles. The van der Waals surface area contributed by atoms with E-state index in [9.17, 15) is 0 Å². The predicted octanol–water partition coefficient (Wildman–Crippen LogP) is 5.52. The van der Waals surface area contributed by atoms with Crippen LogP contribution in [0.1, 0.15) is 30.5 Å². The lowest BCUT2D eigenvalue weighted by Crippen LogP contribution is -2.23. The van der Waals surface area contributed by atoms with Gasteiger partial charge in [-0.25, -0.2) is 0 Å². The molecule has 0 spiro atoms. The zero-order valence-corrected chi connectivity index (χ0v) is 15.9. The molecule has 0 radical (unpaired) electrons. The molecular formula is C13H13Br3N2S. The molecule has 1 atom stereocenters. The van der Waals surface area contributed by atoms with Crippen molar-refractivity contribution in [1.29, 1.82) is 0 Å². The van der Waals surface area contributed by atoms with Gasteiger partial charge in [-0.15, -0.1) is 11.3 Å². The molecule has 0 saturated heterocycles. The van der Waals surface area contributed by atoms with Crippen LogP contribution in [0.25, 0.3) is 0 Å². The fourth-order valence-corrected chi connectivity index (χ4v) is 5.12. The van der Waals surface area contributed by atoms with Crippen LogP contribution in [0.3, 0.4) is 0 Å². The minimum absolute atomic E-state index is 0.155. The molecule has 6 heteroatoms. The number of nitrogens with zero attached hydrogens (tertiary/aromatic N) is 1. The summed E-state index contributed by atoms with van der Waals surface area (Å²) in [7, 11) is 0. The molecule has 0 bridgehead atoms. The smallest absolute Gasteiger partial charge is 0.0761 e. The van der Waals surface area contributed by atoms with E-state index >= 15 is 0 Å². The van der Waals surface area contributed by atoms with Crippen molar-refractivity contribution in [1.82, 2.24) is 10.3 Å². The molecule has 0 aliphatic heterocycles. The highest BCUT2D eigenvalue weighted by Gasteiger charge is 2.19. The van der Waals surface area contributed by atoms with E-state index in [-0.39, 0.29) is 6.04 Å². The van der Waals surface area contributed by atoms with Gasteiger partial charge in [-0.1, -0.05) is 6.92 Å². The third-order valence-electron chi connectivity index (χ3n) is 2.65. The highest BCUT2D eigenvalue weighted by Crippen LogP contribution is 2.38. The van der Waals surface area contributed by atoms with E-state index < -0.39 is 0 Å². The molecule has 0 saturated carbocycles. The molecule has 0 aliphatic carbocycles. The Morgan fingerprint density at radius 1 is 1.26 bits per heavy atom. The molecule has 0 amide bonds. The summed E-state index contributed by atoms with van der Waals surface area (Å²) >= 11 is 12.4. The highest BCUT2D eigenvalue weighted by atomic mass is 79.9. The summed E-state index contributed by atoms with van der Waals surface area (Å²) in [5, 5.41) is 3.58. The van der Waals surface area contributed by atoms with Gasteiger partial charge >= 0.3 is 0 Å². The number of hydrogen-bond acceptors (Lipinski definition) is 3. The van der Waals surface area contributed by atoms with Gasteiger partial charge in [-0.05, 0) is 84.0 Å². The molecule has 102 valence electrons. The number of hydrogen-bond donors (Lipinski definition) is 1. The first-order valence-electron chi connectivity index (χ1n) is 5.90. The Bertz CT molecular complexity index is 557. The minimum Gasteiger partial charge on any atom is -0.306 e. The number of halogens is 3. The van der Waals surface area contributed by atoms with Crippen molar-refractivity contribution in [3.8, 4) is 0 Å². The maximum Gasteiger partial charge on any atom is 0.0761 e. The second kappa shape index (κ2) is 7.31. The Labute approximate surface area is 142 Å². The van der Waals surface area contributed by atoms with Gasteiger partial charge in [0, 0.05) is 16.9 Å². The molecule has 2 aromatic rings. The molecule has 1 unspecified atom stereocenters. The zero-order valence-electron chi connectivity index (χ0n) is 10.3. The second-order valence-corrected chi connectivity index (χ2v) is 8.77. The molecule has 0 aromatic carbocycles. The van der Waals surface area contributed by atoms with Crippen LogP contribution in [0.5, 0.6) is 0 Å². The van der Waals surface area contributed by atoms with Crippen molar-refractivity contribution in [3.05, 3.63) is 47.7 Å². The first-order valence-corrected chi connectivity index (χ1v) is 9.10. The molecule has 0 aliphatic rings. The van der Waals surface area contributed by atoms with E-state index in [0.29, 0.717) is 0 Å². The number of aromatic nitrogens is 1. The van der Waals surface area contributed by atoms with Gasteiger partial charge in [0.1, 0.15) is 0 Å². The third kappa shape index (κ3) is 4.11. The Morgan fingerprint density at radius 3 is 2.63 bits per heavy atom. The summed E-state index contributed by atoms with van der Waals surface area (Å²) in [6.07, 6.45) is 4.82. The van der Waals surface area contributed by atoms with Gasteiger partial charge in [0.15, 0.2) is 0 Å². The van der Waals surface area contributed by atoms with Crippen molar-refractivity contribution in [3.63, 3.8) is 0 Å². The van der Waals surface area contributed by atoms with Crippen LogP contribution >= 0.6 is 59.1 Å². The summed E-state index contributed by atoms with van der Waals surface area (Å²) in [6.45, 7) is 3.14. The van der Waals surface area contributed by atoms with Crippen LogP contribution in [-0.4, -0.2) is 11.5 Å². The summed E-state index contributed by atoms with van der Waals surface area (Å²) in [4.78, 5) is 4.26. The Hall–Kier alpha value is 0.250. The van der Waals surface area contributed by atoms with Crippen LogP contribution in [0.4, 0.5) is 0 Å². The standard InChI is InChI=1S/C13H13Br3N2S/c1-2-3-18-12(8-4-9(14)7-17-6-8)10-5-11(15)19-13(10)16/h4-7,12,18H,2-3H2,1H3. The van der Waals surface area contributed by atoms with Gasteiger partial charge in [0.25, 0.3) is 0 Å². The maximum absolute atomic E-state index is 4.26. The van der Waals surface area contributed by atoms with Crippen molar-refractivity contribution >= 4 is 59.1 Å². The van der Waals surface area contributed by atoms with Crippen LogP contribution in [0.2, 0.25) is 0 Å². The fourth-order valence-electron chi connectivity index (χ4n) is 1.83. The lowest BCUT2D eigenvalue weighted by molar-refractivity contribution is 0.596. The first kappa shape index (κ1) is 15.6. The molecule has 19 heavy (non-hydrogen) atoms. The Morgan fingerprint density at radius 2 is 2.05 bits per heavy atom. The highest BCUT2D eigenvalue weighted by molar-refractivity contribution is 9.12. The van der Waals surface area contributed by atoms with E-state index in [0.717, 1.165) is 30.6 Å². The minimum atomic E-state index is 0.155. The lowest BCUT2D eigenvalue weighted by Gasteiger charge is -2.18. The SMILES string of the molecule is CCCNC(c1cncc(Br)c1)c1cc(Br)sc1Br. The topological polar surface area (TPSA) is 24.9 Å². The van der Waals surface area contributed by atoms with E-state index in [1.54, 1.807) is 17.5 Å². The molecule has 2 nitrogen and oxygen atoms in total. The Balaban J connectivity index is 2.38. The summed E-state index contributed by atoms with van der Waals surface area (Å²) in [6, 6.07) is 4.42. The molecular weight excluding hydrogens is 456 g/mol. The van der Waals surface area contributed by atoms with Gasteiger partial charge in [-0.3, -0.25) is 4.98 Å². The van der Waals surface area contributed by atoms with Crippen LogP contribution in [0, 0.1) is 0 Å². The van der Waals surface area contributed by atoms with Crippen LogP contribution in [0.15, 0.2) is 36.6 Å². The number of thiophene rings is 1. The molecule has 0 fully saturated rings. The predicted molar refractivity (Wildman–Crippen MR) is 91.8 cm³/mol. The Kier molecular flexibility index (Phi) is 6.02. The van der Waals surface area contributed by atoms with Crippen molar-refractivity contribution < 1.29 is 0 Å². The molecule has 1 N–H and O–H groups in total. The van der Waals surface area contributed by atoms with Gasteiger partial charge in [0.05, 0.1) is 13.6 Å². The molecule has 2 rings (SSSR count). The number of nitrogens with one attached hydrogen (secondary N) is 1. The van der Waals surface area contributed by atoms with E-state index in [1.165, 1.54) is 5.56 Å². The quantitative estimate of drug-likeness (QED) is 0.625. The number of pyridine rings is 1. The third-order valence-corrected chi connectivity index (χ3v) is 5.47. The van der Waals surface area contributed by atoms with E-state index in [2.05, 4.69) is 77.1 Å². The monoisotopic (exact) mass is 466 g/mol.